The summed E-state index contributed by atoms with van der Waals surface area (Å²) in [7, 11) is 0. The summed E-state index contributed by atoms with van der Waals surface area (Å²) in [6, 6.07) is 9.02. The van der Waals surface area contributed by atoms with E-state index in [-0.39, 0.29) is 0 Å². The second-order valence-corrected chi connectivity index (χ2v) is 5.91. The molecule has 1 heteroatoms. The Morgan fingerprint density at radius 3 is 2.88 bits per heavy atom. The van der Waals surface area contributed by atoms with Gasteiger partial charge >= 0.3 is 0 Å². The van der Waals surface area contributed by atoms with Crippen LogP contribution in [0, 0.1) is 18.3 Å². The van der Waals surface area contributed by atoms with Crippen molar-refractivity contribution in [2.24, 2.45) is 11.3 Å². The van der Waals surface area contributed by atoms with Gasteiger partial charge in [-0.05, 0) is 49.5 Å². The van der Waals surface area contributed by atoms with Crippen LogP contribution in [-0.4, -0.2) is 13.1 Å². The van der Waals surface area contributed by atoms with Gasteiger partial charge in [0.15, 0.2) is 0 Å². The van der Waals surface area contributed by atoms with Crippen molar-refractivity contribution in [3.8, 4) is 0 Å². The minimum Gasteiger partial charge on any atom is -0.316 e. The molecule has 1 heterocycles. The molecular weight excluding hydrogens is 194 g/mol. The van der Waals surface area contributed by atoms with Crippen molar-refractivity contribution in [3.05, 3.63) is 35.4 Å². The predicted octanol–water partition coefficient (Wildman–Crippen LogP) is 2.93. The summed E-state index contributed by atoms with van der Waals surface area (Å²) in [5.41, 5.74) is 3.64. The van der Waals surface area contributed by atoms with E-state index in [1.54, 1.807) is 0 Å². The Hall–Kier alpha value is -0.820. The van der Waals surface area contributed by atoms with Crippen LogP contribution in [0.15, 0.2) is 24.3 Å². The Morgan fingerprint density at radius 2 is 2.25 bits per heavy atom. The highest BCUT2D eigenvalue weighted by atomic mass is 15.0. The topological polar surface area (TPSA) is 12.0 Å². The SMILES string of the molecule is Cc1cccc(C[C@H]2CCC3(CNC3)C2)c1. The Morgan fingerprint density at radius 1 is 1.38 bits per heavy atom. The number of nitrogens with one attached hydrogen (secondary N) is 1. The number of hydrogen-bond acceptors (Lipinski definition) is 1. The van der Waals surface area contributed by atoms with Gasteiger partial charge in [-0.15, -0.1) is 0 Å². The summed E-state index contributed by atoms with van der Waals surface area (Å²) in [5, 5.41) is 3.44. The highest BCUT2D eigenvalue weighted by molar-refractivity contribution is 5.23. The Bertz CT molecular complexity index is 379. The third-order valence-electron chi connectivity index (χ3n) is 4.41. The van der Waals surface area contributed by atoms with Gasteiger partial charge in [0, 0.05) is 13.1 Å². The summed E-state index contributed by atoms with van der Waals surface area (Å²) < 4.78 is 0. The fraction of sp³-hybridized carbons (Fsp3) is 0.600. The van der Waals surface area contributed by atoms with E-state index in [0.717, 1.165) is 5.92 Å². The van der Waals surface area contributed by atoms with Crippen LogP contribution in [0.5, 0.6) is 0 Å². The largest absolute Gasteiger partial charge is 0.316 e. The molecule has 0 amide bonds. The molecule has 1 atom stereocenters. The molecule has 0 aromatic heterocycles. The van der Waals surface area contributed by atoms with E-state index in [4.69, 9.17) is 0 Å². The average Bonchev–Trinajstić information content (AvgIpc) is 2.62. The van der Waals surface area contributed by atoms with Gasteiger partial charge < -0.3 is 5.32 Å². The van der Waals surface area contributed by atoms with Crippen LogP contribution in [0.3, 0.4) is 0 Å². The molecule has 1 saturated carbocycles. The van der Waals surface area contributed by atoms with Crippen molar-refractivity contribution in [1.29, 1.82) is 0 Å². The van der Waals surface area contributed by atoms with Crippen LogP contribution >= 0.6 is 0 Å². The van der Waals surface area contributed by atoms with Crippen LogP contribution in [0.4, 0.5) is 0 Å². The molecule has 1 aromatic rings. The highest BCUT2D eigenvalue weighted by Gasteiger charge is 2.43. The first-order valence-electron chi connectivity index (χ1n) is 6.52. The van der Waals surface area contributed by atoms with Gasteiger partial charge in [-0.25, -0.2) is 0 Å². The van der Waals surface area contributed by atoms with Gasteiger partial charge in [-0.1, -0.05) is 29.8 Å². The number of aryl methyl sites for hydroxylation is 1. The zero-order chi connectivity index (χ0) is 11.0. The molecule has 1 spiro atoms. The molecule has 0 unspecified atom stereocenters. The van der Waals surface area contributed by atoms with Crippen LogP contribution in [0.2, 0.25) is 0 Å². The van der Waals surface area contributed by atoms with E-state index in [2.05, 4.69) is 36.5 Å². The predicted molar refractivity (Wildman–Crippen MR) is 67.5 cm³/mol. The first-order valence-corrected chi connectivity index (χ1v) is 6.52. The lowest BCUT2D eigenvalue weighted by molar-refractivity contribution is 0.170. The molecule has 3 rings (SSSR count). The third kappa shape index (κ3) is 1.89. The van der Waals surface area contributed by atoms with E-state index in [0.29, 0.717) is 5.41 Å². The molecule has 2 fully saturated rings. The second kappa shape index (κ2) is 3.89. The Labute approximate surface area is 98.3 Å². The average molecular weight is 215 g/mol. The van der Waals surface area contributed by atoms with Crippen LogP contribution in [-0.2, 0) is 6.42 Å². The van der Waals surface area contributed by atoms with Gasteiger partial charge in [0.05, 0.1) is 0 Å². The lowest BCUT2D eigenvalue weighted by Gasteiger charge is -2.39. The molecule has 86 valence electrons. The summed E-state index contributed by atoms with van der Waals surface area (Å²) in [6.45, 7) is 4.74. The minimum atomic E-state index is 0.703. The molecule has 1 N–H and O–H groups in total. The van der Waals surface area contributed by atoms with E-state index in [1.807, 2.05) is 0 Å². The molecule has 1 aromatic carbocycles. The zero-order valence-electron chi connectivity index (χ0n) is 10.1. The van der Waals surface area contributed by atoms with E-state index >= 15 is 0 Å². The van der Waals surface area contributed by atoms with Gasteiger partial charge in [0.2, 0.25) is 0 Å². The quantitative estimate of drug-likeness (QED) is 0.800. The summed E-state index contributed by atoms with van der Waals surface area (Å²) in [6.07, 6.45) is 5.64. The Kier molecular flexibility index (Phi) is 2.51. The minimum absolute atomic E-state index is 0.703. The molecular formula is C15H21N. The molecule has 1 aliphatic heterocycles. The second-order valence-electron chi connectivity index (χ2n) is 5.91. The van der Waals surface area contributed by atoms with Crippen molar-refractivity contribution in [3.63, 3.8) is 0 Å². The molecule has 16 heavy (non-hydrogen) atoms. The third-order valence-corrected chi connectivity index (χ3v) is 4.41. The first kappa shape index (κ1) is 10.3. The summed E-state index contributed by atoms with van der Waals surface area (Å²) in [5.74, 6) is 0.934. The fourth-order valence-electron chi connectivity index (χ4n) is 3.47. The van der Waals surface area contributed by atoms with Crippen LogP contribution in [0.1, 0.15) is 30.4 Å². The molecule has 2 aliphatic rings. The highest BCUT2D eigenvalue weighted by Crippen LogP contribution is 2.45. The maximum absolute atomic E-state index is 3.44. The lowest BCUT2D eigenvalue weighted by Crippen LogP contribution is -2.51. The van der Waals surface area contributed by atoms with E-state index in [1.165, 1.54) is 49.9 Å². The van der Waals surface area contributed by atoms with Crippen LogP contribution < -0.4 is 5.32 Å². The molecule has 1 aliphatic carbocycles. The van der Waals surface area contributed by atoms with Crippen molar-refractivity contribution in [2.75, 3.05) is 13.1 Å². The molecule has 0 bridgehead atoms. The van der Waals surface area contributed by atoms with Crippen molar-refractivity contribution in [1.82, 2.24) is 5.32 Å². The molecule has 0 radical (unpaired) electrons. The van der Waals surface area contributed by atoms with Crippen molar-refractivity contribution < 1.29 is 0 Å². The smallest absolute Gasteiger partial charge is 0.00203 e. The molecule has 1 nitrogen and oxygen atoms in total. The monoisotopic (exact) mass is 215 g/mol. The number of hydrogen-bond donors (Lipinski definition) is 1. The van der Waals surface area contributed by atoms with E-state index in [9.17, 15) is 0 Å². The van der Waals surface area contributed by atoms with Crippen molar-refractivity contribution in [2.45, 2.75) is 32.6 Å². The fourth-order valence-corrected chi connectivity index (χ4v) is 3.47. The lowest BCUT2D eigenvalue weighted by atomic mass is 9.79. The van der Waals surface area contributed by atoms with E-state index < -0.39 is 0 Å². The van der Waals surface area contributed by atoms with Gasteiger partial charge in [-0.3, -0.25) is 0 Å². The van der Waals surface area contributed by atoms with Gasteiger partial charge in [0.25, 0.3) is 0 Å². The normalized spacial score (nSPS) is 26.9. The Balaban J connectivity index is 1.63. The summed E-state index contributed by atoms with van der Waals surface area (Å²) in [4.78, 5) is 0. The summed E-state index contributed by atoms with van der Waals surface area (Å²) >= 11 is 0. The zero-order valence-corrected chi connectivity index (χ0v) is 10.1. The van der Waals surface area contributed by atoms with Gasteiger partial charge in [0.1, 0.15) is 0 Å². The maximum atomic E-state index is 3.44. The number of benzene rings is 1. The van der Waals surface area contributed by atoms with Crippen LogP contribution in [0.25, 0.3) is 0 Å². The molecule has 1 saturated heterocycles. The van der Waals surface area contributed by atoms with Crippen molar-refractivity contribution >= 4 is 0 Å². The first-order chi connectivity index (χ1) is 7.76. The maximum Gasteiger partial charge on any atom is 0.00203 e. The van der Waals surface area contributed by atoms with Gasteiger partial charge in [-0.2, -0.15) is 0 Å². The number of rotatable bonds is 2. The standard InChI is InChI=1S/C15H21N/c1-12-3-2-4-13(7-12)8-14-5-6-15(9-14)10-16-11-15/h2-4,7,14,16H,5-6,8-11H2,1H3/t14-/m1/s1.